The first-order valence-electron chi connectivity index (χ1n) is 6.60. The summed E-state index contributed by atoms with van der Waals surface area (Å²) in [5, 5.41) is 0. The molecule has 1 heterocycles. The summed E-state index contributed by atoms with van der Waals surface area (Å²) in [6, 6.07) is 9.96. The molecule has 0 radical (unpaired) electrons. The van der Waals surface area contributed by atoms with Crippen molar-refractivity contribution in [1.82, 2.24) is 4.90 Å². The summed E-state index contributed by atoms with van der Waals surface area (Å²) in [5.74, 6) is -0.161. The van der Waals surface area contributed by atoms with Crippen LogP contribution in [0, 0.1) is 11.8 Å². The lowest BCUT2D eigenvalue weighted by atomic mass is 9.94. The molecule has 98 valence electrons. The highest BCUT2D eigenvalue weighted by Crippen LogP contribution is 2.33. The van der Waals surface area contributed by atoms with Gasteiger partial charge in [0.25, 0.3) is 0 Å². The molecule has 18 heavy (non-hydrogen) atoms. The van der Waals surface area contributed by atoms with E-state index in [0.717, 1.165) is 12.0 Å². The first kappa shape index (κ1) is 13.1. The normalized spacial score (nSPS) is 25.5. The molecule has 2 rings (SSSR count). The number of hydrogen-bond donors (Lipinski definition) is 0. The highest BCUT2D eigenvalue weighted by Gasteiger charge is 2.41. The van der Waals surface area contributed by atoms with E-state index in [4.69, 9.17) is 0 Å². The third-order valence-electron chi connectivity index (χ3n) is 3.99. The van der Waals surface area contributed by atoms with Crippen LogP contribution in [0.25, 0.3) is 0 Å². The minimum atomic E-state index is -0.401. The van der Waals surface area contributed by atoms with Crippen LogP contribution < -0.4 is 0 Å². The maximum absolute atomic E-state index is 13.0. The zero-order valence-corrected chi connectivity index (χ0v) is 11.0. The molecule has 1 fully saturated rings. The summed E-state index contributed by atoms with van der Waals surface area (Å²) in [6.07, 6.45) is 0.728. The molecule has 3 heteroatoms. The predicted molar refractivity (Wildman–Crippen MR) is 69.8 cm³/mol. The van der Waals surface area contributed by atoms with E-state index in [2.05, 4.69) is 0 Å². The molecule has 3 atom stereocenters. The highest BCUT2D eigenvalue weighted by atomic mass is 19.1. The van der Waals surface area contributed by atoms with Crippen LogP contribution in [0.1, 0.15) is 31.9 Å². The van der Waals surface area contributed by atoms with Crippen LogP contribution in [0.5, 0.6) is 0 Å². The van der Waals surface area contributed by atoms with Crippen LogP contribution in [0.3, 0.4) is 0 Å². The van der Waals surface area contributed by atoms with Crippen LogP contribution in [0.2, 0.25) is 0 Å². The molecule has 0 saturated carbocycles. The maximum Gasteiger partial charge on any atom is 0.226 e. The molecule has 2 nitrogen and oxygen atoms in total. The van der Waals surface area contributed by atoms with Gasteiger partial charge in [-0.25, -0.2) is 0 Å². The number of likely N-dealkylation sites (tertiary alicyclic amines) is 1. The Morgan fingerprint density at radius 1 is 1.39 bits per heavy atom. The number of amides is 1. The number of halogens is 1. The second-order valence-corrected chi connectivity index (χ2v) is 5.01. The van der Waals surface area contributed by atoms with Crippen molar-refractivity contribution in [3.8, 4) is 0 Å². The van der Waals surface area contributed by atoms with Gasteiger partial charge in [-0.15, -0.1) is 0 Å². The van der Waals surface area contributed by atoms with Gasteiger partial charge in [0.2, 0.25) is 5.91 Å². The van der Waals surface area contributed by atoms with E-state index in [1.165, 1.54) is 0 Å². The Balaban J connectivity index is 2.17. The van der Waals surface area contributed by atoms with Crippen molar-refractivity contribution in [3.05, 3.63) is 35.9 Å². The lowest BCUT2D eigenvalue weighted by molar-refractivity contribution is -0.133. The van der Waals surface area contributed by atoms with Crippen molar-refractivity contribution < 1.29 is 9.18 Å². The molecule has 0 bridgehead atoms. The monoisotopic (exact) mass is 249 g/mol. The van der Waals surface area contributed by atoms with Crippen molar-refractivity contribution >= 4 is 5.91 Å². The summed E-state index contributed by atoms with van der Waals surface area (Å²) >= 11 is 0. The second-order valence-electron chi connectivity index (χ2n) is 5.01. The van der Waals surface area contributed by atoms with Crippen molar-refractivity contribution in [2.45, 2.75) is 26.3 Å². The zero-order chi connectivity index (χ0) is 13.1. The van der Waals surface area contributed by atoms with Gasteiger partial charge < -0.3 is 4.90 Å². The van der Waals surface area contributed by atoms with E-state index in [-0.39, 0.29) is 23.8 Å². The number of hydrogen-bond acceptors (Lipinski definition) is 1. The van der Waals surface area contributed by atoms with E-state index in [1.807, 2.05) is 49.1 Å². The maximum atomic E-state index is 13.0. The zero-order valence-electron chi connectivity index (χ0n) is 11.0. The summed E-state index contributed by atoms with van der Waals surface area (Å²) < 4.78 is 13.0. The molecule has 1 aromatic rings. The van der Waals surface area contributed by atoms with Crippen LogP contribution in [0.15, 0.2) is 30.3 Å². The Labute approximate surface area is 108 Å². The molecule has 1 aromatic carbocycles. The minimum Gasteiger partial charge on any atom is -0.335 e. The van der Waals surface area contributed by atoms with Crippen molar-refractivity contribution in [2.24, 2.45) is 11.8 Å². The van der Waals surface area contributed by atoms with E-state index in [9.17, 15) is 9.18 Å². The molecule has 0 aliphatic carbocycles. The molecule has 0 N–H and O–H groups in total. The lowest BCUT2D eigenvalue weighted by Crippen LogP contribution is -2.30. The van der Waals surface area contributed by atoms with Crippen LogP contribution >= 0.6 is 0 Å². The molecular weight excluding hydrogens is 229 g/mol. The van der Waals surface area contributed by atoms with Crippen molar-refractivity contribution in [2.75, 3.05) is 13.2 Å². The van der Waals surface area contributed by atoms with Gasteiger partial charge in [0, 0.05) is 18.4 Å². The average molecular weight is 249 g/mol. The van der Waals surface area contributed by atoms with Crippen LogP contribution in [0.4, 0.5) is 4.39 Å². The smallest absolute Gasteiger partial charge is 0.226 e. The molecule has 0 aromatic heterocycles. The first-order valence-corrected chi connectivity index (χ1v) is 6.60. The number of nitrogens with zero attached hydrogens (tertiary/aromatic N) is 1. The summed E-state index contributed by atoms with van der Waals surface area (Å²) in [7, 11) is 0. The Morgan fingerprint density at radius 2 is 2.06 bits per heavy atom. The molecule has 1 aliphatic rings. The molecular formula is C15H20FNO. The number of rotatable bonds is 4. The van der Waals surface area contributed by atoms with Gasteiger partial charge in [0.1, 0.15) is 0 Å². The summed E-state index contributed by atoms with van der Waals surface area (Å²) in [4.78, 5) is 14.1. The fourth-order valence-electron chi connectivity index (χ4n) is 2.81. The van der Waals surface area contributed by atoms with E-state index >= 15 is 0 Å². The van der Waals surface area contributed by atoms with Crippen LogP contribution in [-0.2, 0) is 4.79 Å². The largest absolute Gasteiger partial charge is 0.335 e. The minimum absolute atomic E-state index is 0.0318. The second kappa shape index (κ2) is 5.51. The Kier molecular flexibility index (Phi) is 4.00. The van der Waals surface area contributed by atoms with Gasteiger partial charge >= 0.3 is 0 Å². The van der Waals surface area contributed by atoms with Gasteiger partial charge in [-0.05, 0) is 18.9 Å². The van der Waals surface area contributed by atoms with E-state index in [1.54, 1.807) is 0 Å². The number of benzene rings is 1. The third kappa shape index (κ3) is 2.26. The average Bonchev–Trinajstić information content (AvgIpc) is 2.75. The summed E-state index contributed by atoms with van der Waals surface area (Å²) in [5.41, 5.74) is 1.11. The van der Waals surface area contributed by atoms with Crippen molar-refractivity contribution in [3.63, 3.8) is 0 Å². The van der Waals surface area contributed by atoms with Gasteiger partial charge in [-0.2, -0.15) is 0 Å². The quantitative estimate of drug-likeness (QED) is 0.802. The summed E-state index contributed by atoms with van der Waals surface area (Å²) in [6.45, 7) is 4.12. The standard InChI is InChI=1S/C15H20FNO/c1-3-14-13(9-16)10-17(15(14)18)11(2)12-7-5-4-6-8-12/h4-8,11,13-14H,3,9-10H2,1-2H3/t11-,13+,14-/m1/s1. The molecule has 0 unspecified atom stereocenters. The predicted octanol–water partition coefficient (Wildman–Crippen LogP) is 3.20. The fourth-order valence-corrected chi connectivity index (χ4v) is 2.81. The first-order chi connectivity index (χ1) is 8.69. The number of carbonyl (C=O) groups excluding carboxylic acids is 1. The Bertz CT molecular complexity index is 406. The highest BCUT2D eigenvalue weighted by molar-refractivity contribution is 5.81. The van der Waals surface area contributed by atoms with Gasteiger partial charge in [0.15, 0.2) is 0 Å². The number of carbonyl (C=O) groups is 1. The van der Waals surface area contributed by atoms with Crippen LogP contribution in [-0.4, -0.2) is 24.0 Å². The Hall–Kier alpha value is -1.38. The van der Waals surface area contributed by atoms with E-state index < -0.39 is 6.67 Å². The van der Waals surface area contributed by atoms with E-state index in [0.29, 0.717) is 6.54 Å². The topological polar surface area (TPSA) is 20.3 Å². The fraction of sp³-hybridized carbons (Fsp3) is 0.533. The SMILES string of the molecule is CC[C@H]1C(=O)N([C@H](C)c2ccccc2)C[C@@H]1CF. The molecule has 0 spiro atoms. The molecule has 1 saturated heterocycles. The molecule has 1 amide bonds. The van der Waals surface area contributed by atoms with Gasteiger partial charge in [0.05, 0.1) is 12.7 Å². The molecule has 1 aliphatic heterocycles. The number of alkyl halides is 1. The van der Waals surface area contributed by atoms with Gasteiger partial charge in [-0.3, -0.25) is 9.18 Å². The van der Waals surface area contributed by atoms with Gasteiger partial charge in [-0.1, -0.05) is 37.3 Å². The lowest BCUT2D eigenvalue weighted by Gasteiger charge is -2.25. The third-order valence-corrected chi connectivity index (χ3v) is 3.99. The van der Waals surface area contributed by atoms with Crippen molar-refractivity contribution in [1.29, 1.82) is 0 Å². The Morgan fingerprint density at radius 3 is 2.56 bits per heavy atom.